The molecule has 0 aromatic heterocycles. The Labute approximate surface area is 114 Å². The molecule has 3 rings (SSSR count). The van der Waals surface area contributed by atoms with Gasteiger partial charge in [0.05, 0.1) is 12.7 Å². The first-order valence-corrected chi connectivity index (χ1v) is 6.80. The van der Waals surface area contributed by atoms with Gasteiger partial charge < -0.3 is 10.1 Å². The molecule has 0 radical (unpaired) electrons. The van der Waals surface area contributed by atoms with Crippen LogP contribution < -0.4 is 10.1 Å². The van der Waals surface area contributed by atoms with E-state index < -0.39 is 0 Å². The first kappa shape index (κ1) is 12.5. The van der Waals surface area contributed by atoms with E-state index in [0.29, 0.717) is 11.3 Å². The van der Waals surface area contributed by atoms with Gasteiger partial charge in [-0.3, -0.25) is 4.90 Å². The number of likely N-dealkylation sites (tertiary alicyclic amines) is 1. The zero-order valence-corrected chi connectivity index (χ0v) is 11.2. The summed E-state index contributed by atoms with van der Waals surface area (Å²) in [5.41, 5.74) is 1.83. The number of nitriles is 1. The fourth-order valence-electron chi connectivity index (χ4n) is 3.28. The molecule has 2 atom stereocenters. The molecule has 0 saturated carbocycles. The highest BCUT2D eigenvalue weighted by molar-refractivity contribution is 5.45. The Morgan fingerprint density at radius 3 is 2.74 bits per heavy atom. The highest BCUT2D eigenvalue weighted by Crippen LogP contribution is 2.28. The van der Waals surface area contributed by atoms with Gasteiger partial charge in [0.2, 0.25) is 0 Å². The first-order chi connectivity index (χ1) is 9.30. The summed E-state index contributed by atoms with van der Waals surface area (Å²) in [6, 6.07) is 8.10. The van der Waals surface area contributed by atoms with E-state index in [-0.39, 0.29) is 0 Å². The maximum absolute atomic E-state index is 9.11. The molecule has 100 valence electrons. The van der Waals surface area contributed by atoms with Crippen LogP contribution in [0.15, 0.2) is 18.2 Å². The number of benzene rings is 1. The Hall–Kier alpha value is -1.57. The smallest absolute Gasteiger partial charge is 0.136 e. The molecule has 1 N–H and O–H groups in total. The highest BCUT2D eigenvalue weighted by atomic mass is 16.5. The lowest BCUT2D eigenvalue weighted by molar-refractivity contribution is 0.305. The molecule has 1 aromatic carbocycles. The summed E-state index contributed by atoms with van der Waals surface area (Å²) < 4.78 is 5.18. The number of methoxy groups -OCH3 is 1. The summed E-state index contributed by atoms with van der Waals surface area (Å²) in [4.78, 5) is 2.50. The van der Waals surface area contributed by atoms with Crippen LogP contribution in [0.1, 0.15) is 11.1 Å². The number of nitrogens with zero attached hydrogens (tertiary/aromatic N) is 2. The number of ether oxygens (including phenoxy) is 1. The van der Waals surface area contributed by atoms with E-state index in [4.69, 9.17) is 10.00 Å². The summed E-state index contributed by atoms with van der Waals surface area (Å²) in [7, 11) is 1.60. The van der Waals surface area contributed by atoms with Gasteiger partial charge in [0.15, 0.2) is 0 Å². The van der Waals surface area contributed by atoms with Crippen molar-refractivity contribution in [3.63, 3.8) is 0 Å². The lowest BCUT2D eigenvalue weighted by Gasteiger charge is -2.17. The molecule has 0 bridgehead atoms. The molecule has 1 aromatic rings. The molecular formula is C15H19N3O. The van der Waals surface area contributed by atoms with E-state index in [0.717, 1.165) is 31.5 Å². The molecule has 0 spiro atoms. The summed E-state index contributed by atoms with van der Waals surface area (Å²) in [6.45, 7) is 5.60. The van der Waals surface area contributed by atoms with Crippen molar-refractivity contribution in [2.75, 3.05) is 33.3 Å². The van der Waals surface area contributed by atoms with E-state index in [1.165, 1.54) is 18.7 Å². The third kappa shape index (κ3) is 2.44. The molecule has 19 heavy (non-hydrogen) atoms. The van der Waals surface area contributed by atoms with Crippen LogP contribution in [0.5, 0.6) is 5.75 Å². The van der Waals surface area contributed by atoms with Crippen LogP contribution in [0.25, 0.3) is 0 Å². The van der Waals surface area contributed by atoms with Crippen LogP contribution in [0.3, 0.4) is 0 Å². The third-order valence-electron chi connectivity index (χ3n) is 4.26. The topological polar surface area (TPSA) is 48.3 Å². The van der Waals surface area contributed by atoms with Crippen molar-refractivity contribution in [2.45, 2.75) is 6.54 Å². The lowest BCUT2D eigenvalue weighted by Crippen LogP contribution is -2.25. The van der Waals surface area contributed by atoms with E-state index in [9.17, 15) is 0 Å². The fraction of sp³-hybridized carbons (Fsp3) is 0.533. The predicted molar refractivity (Wildman–Crippen MR) is 72.8 cm³/mol. The standard InChI is InChI=1S/C15H19N3O/c1-19-15-3-2-11(4-12(15)5-16)8-18-9-13-6-17-7-14(13)10-18/h2-4,13-14,17H,6-10H2,1H3. The highest BCUT2D eigenvalue weighted by Gasteiger charge is 2.35. The summed E-state index contributed by atoms with van der Waals surface area (Å²) >= 11 is 0. The van der Waals surface area contributed by atoms with Gasteiger partial charge in [-0.15, -0.1) is 0 Å². The average Bonchev–Trinajstić information content (AvgIpc) is 2.99. The zero-order valence-electron chi connectivity index (χ0n) is 11.2. The van der Waals surface area contributed by atoms with Gasteiger partial charge in [-0.2, -0.15) is 5.26 Å². The van der Waals surface area contributed by atoms with E-state index in [2.05, 4.69) is 22.4 Å². The molecule has 4 heteroatoms. The van der Waals surface area contributed by atoms with Crippen LogP contribution in [0, 0.1) is 23.2 Å². The van der Waals surface area contributed by atoms with Crippen molar-refractivity contribution in [3.8, 4) is 11.8 Å². The summed E-state index contributed by atoms with van der Waals surface area (Å²) in [5.74, 6) is 2.29. The Morgan fingerprint density at radius 1 is 1.37 bits per heavy atom. The maximum atomic E-state index is 9.11. The molecule has 0 amide bonds. The normalized spacial score (nSPS) is 26.1. The monoisotopic (exact) mass is 257 g/mol. The number of hydrogen-bond donors (Lipinski definition) is 1. The van der Waals surface area contributed by atoms with Gasteiger partial charge in [-0.1, -0.05) is 6.07 Å². The average molecular weight is 257 g/mol. The first-order valence-electron chi connectivity index (χ1n) is 6.80. The number of rotatable bonds is 3. The predicted octanol–water partition coefficient (Wildman–Crippen LogP) is 1.22. The summed E-state index contributed by atoms with van der Waals surface area (Å²) in [6.07, 6.45) is 0. The van der Waals surface area contributed by atoms with Gasteiger partial charge >= 0.3 is 0 Å². The van der Waals surface area contributed by atoms with Crippen LogP contribution >= 0.6 is 0 Å². The third-order valence-corrected chi connectivity index (χ3v) is 4.26. The molecule has 0 aliphatic carbocycles. The van der Waals surface area contributed by atoms with Crippen molar-refractivity contribution in [3.05, 3.63) is 29.3 Å². The Morgan fingerprint density at radius 2 is 2.11 bits per heavy atom. The van der Waals surface area contributed by atoms with Crippen molar-refractivity contribution in [1.29, 1.82) is 5.26 Å². The second kappa shape index (κ2) is 5.20. The second-order valence-electron chi connectivity index (χ2n) is 5.52. The fourth-order valence-corrected chi connectivity index (χ4v) is 3.28. The van der Waals surface area contributed by atoms with E-state index >= 15 is 0 Å². The largest absolute Gasteiger partial charge is 0.495 e. The molecular weight excluding hydrogens is 238 g/mol. The van der Waals surface area contributed by atoms with Crippen molar-refractivity contribution in [1.82, 2.24) is 10.2 Å². The Balaban J connectivity index is 1.69. The molecule has 2 heterocycles. The minimum absolute atomic E-state index is 0.626. The number of fused-ring (bicyclic) bond motifs is 1. The molecule has 2 saturated heterocycles. The Kier molecular flexibility index (Phi) is 3.41. The van der Waals surface area contributed by atoms with Gasteiger partial charge in [0.25, 0.3) is 0 Å². The van der Waals surface area contributed by atoms with Crippen molar-refractivity contribution < 1.29 is 4.74 Å². The number of hydrogen-bond acceptors (Lipinski definition) is 4. The number of nitrogens with one attached hydrogen (secondary N) is 1. The van der Waals surface area contributed by atoms with Crippen LogP contribution in [0.2, 0.25) is 0 Å². The molecule has 2 fully saturated rings. The lowest BCUT2D eigenvalue weighted by atomic mass is 10.0. The van der Waals surface area contributed by atoms with Gasteiger partial charge in [0, 0.05) is 19.6 Å². The SMILES string of the molecule is COc1ccc(CN2CC3CNCC3C2)cc1C#N. The van der Waals surface area contributed by atoms with Crippen LogP contribution in [-0.4, -0.2) is 38.2 Å². The summed E-state index contributed by atoms with van der Waals surface area (Å²) in [5, 5.41) is 12.6. The van der Waals surface area contributed by atoms with Crippen molar-refractivity contribution in [2.24, 2.45) is 11.8 Å². The minimum Gasteiger partial charge on any atom is -0.495 e. The van der Waals surface area contributed by atoms with Crippen molar-refractivity contribution >= 4 is 0 Å². The molecule has 2 unspecified atom stereocenters. The van der Waals surface area contributed by atoms with E-state index in [1.54, 1.807) is 7.11 Å². The molecule has 2 aliphatic heterocycles. The van der Waals surface area contributed by atoms with Gasteiger partial charge in [-0.05, 0) is 42.6 Å². The minimum atomic E-state index is 0.626. The maximum Gasteiger partial charge on any atom is 0.136 e. The second-order valence-corrected chi connectivity index (χ2v) is 5.52. The van der Waals surface area contributed by atoms with Crippen LogP contribution in [-0.2, 0) is 6.54 Å². The molecule has 2 aliphatic rings. The Bertz CT molecular complexity index is 497. The van der Waals surface area contributed by atoms with Gasteiger partial charge in [-0.25, -0.2) is 0 Å². The quantitative estimate of drug-likeness (QED) is 0.884. The zero-order chi connectivity index (χ0) is 13.2. The van der Waals surface area contributed by atoms with Gasteiger partial charge in [0.1, 0.15) is 11.8 Å². The van der Waals surface area contributed by atoms with Crippen LogP contribution in [0.4, 0.5) is 0 Å². The van der Waals surface area contributed by atoms with E-state index in [1.807, 2.05) is 12.1 Å². The molecule has 4 nitrogen and oxygen atoms in total.